The molecule has 0 fully saturated rings. The van der Waals surface area contributed by atoms with Gasteiger partial charge in [-0.2, -0.15) is 5.26 Å². The number of carbonyl (C=O) groups is 1. The average Bonchev–Trinajstić information content (AvgIpc) is 2.19. The van der Waals surface area contributed by atoms with E-state index in [0.717, 1.165) is 0 Å². The van der Waals surface area contributed by atoms with Gasteiger partial charge >= 0.3 is 0 Å². The van der Waals surface area contributed by atoms with Gasteiger partial charge in [-0.05, 0) is 18.6 Å². The maximum atomic E-state index is 10.7. The van der Waals surface area contributed by atoms with Crippen LogP contribution in [-0.4, -0.2) is 11.2 Å². The first-order valence-corrected chi connectivity index (χ1v) is 4.20. The van der Waals surface area contributed by atoms with Crippen molar-refractivity contribution in [2.45, 2.75) is 13.3 Å². The molecule has 0 radical (unpaired) electrons. The number of nitro groups is 1. The second-order valence-electron chi connectivity index (χ2n) is 3.06. The molecule has 0 saturated heterocycles. The lowest BCUT2D eigenvalue weighted by Crippen LogP contribution is -2.00. The molecular weight excluding hydrogens is 196 g/mol. The molecule has 1 rings (SSSR count). The SMILES string of the molecule is Cc1cc(C=O)c(CC#N)c([N+](=O)[O-])c1. The second kappa shape index (κ2) is 4.33. The van der Waals surface area contributed by atoms with Crippen molar-refractivity contribution in [3.05, 3.63) is 38.9 Å². The Balaban J connectivity index is 3.48. The van der Waals surface area contributed by atoms with Crippen molar-refractivity contribution < 1.29 is 9.72 Å². The number of nitriles is 1. The van der Waals surface area contributed by atoms with E-state index >= 15 is 0 Å². The second-order valence-corrected chi connectivity index (χ2v) is 3.06. The quantitative estimate of drug-likeness (QED) is 0.426. The van der Waals surface area contributed by atoms with Crippen molar-refractivity contribution >= 4 is 12.0 Å². The van der Waals surface area contributed by atoms with E-state index in [4.69, 9.17) is 5.26 Å². The number of carbonyl (C=O) groups excluding carboxylic acids is 1. The topological polar surface area (TPSA) is 84.0 Å². The Morgan fingerprint density at radius 1 is 1.60 bits per heavy atom. The van der Waals surface area contributed by atoms with Gasteiger partial charge in [0.05, 0.1) is 23.0 Å². The Morgan fingerprint density at radius 3 is 2.73 bits per heavy atom. The van der Waals surface area contributed by atoms with Gasteiger partial charge < -0.3 is 0 Å². The summed E-state index contributed by atoms with van der Waals surface area (Å²) in [5.41, 5.74) is 0.857. The molecule has 1 aromatic rings. The zero-order valence-electron chi connectivity index (χ0n) is 8.06. The fourth-order valence-electron chi connectivity index (χ4n) is 1.36. The summed E-state index contributed by atoms with van der Waals surface area (Å²) in [5, 5.41) is 19.2. The van der Waals surface area contributed by atoms with Gasteiger partial charge in [0.15, 0.2) is 6.29 Å². The monoisotopic (exact) mass is 204 g/mol. The highest BCUT2D eigenvalue weighted by Gasteiger charge is 2.17. The van der Waals surface area contributed by atoms with Gasteiger partial charge in [0.2, 0.25) is 0 Å². The lowest BCUT2D eigenvalue weighted by atomic mass is 10.0. The summed E-state index contributed by atoms with van der Waals surface area (Å²) in [6.45, 7) is 1.66. The van der Waals surface area contributed by atoms with E-state index in [1.165, 1.54) is 12.1 Å². The summed E-state index contributed by atoms with van der Waals surface area (Å²) in [7, 11) is 0. The third-order valence-corrected chi connectivity index (χ3v) is 1.98. The minimum atomic E-state index is -0.577. The van der Waals surface area contributed by atoms with Gasteiger partial charge in [-0.15, -0.1) is 0 Å². The zero-order valence-corrected chi connectivity index (χ0v) is 8.06. The summed E-state index contributed by atoms with van der Waals surface area (Å²) in [6, 6.07) is 4.71. The molecule has 0 unspecified atom stereocenters. The van der Waals surface area contributed by atoms with Crippen molar-refractivity contribution in [1.82, 2.24) is 0 Å². The van der Waals surface area contributed by atoms with Crippen LogP contribution in [0.4, 0.5) is 5.69 Å². The van der Waals surface area contributed by atoms with E-state index in [1.54, 1.807) is 6.92 Å². The van der Waals surface area contributed by atoms with Crippen molar-refractivity contribution in [2.24, 2.45) is 0 Å². The third kappa shape index (κ3) is 2.17. The highest BCUT2D eigenvalue weighted by atomic mass is 16.6. The lowest BCUT2D eigenvalue weighted by molar-refractivity contribution is -0.385. The molecule has 1 aromatic carbocycles. The Labute approximate surface area is 86.1 Å². The third-order valence-electron chi connectivity index (χ3n) is 1.98. The number of nitrogens with zero attached hydrogens (tertiary/aromatic N) is 2. The normalized spacial score (nSPS) is 9.33. The number of rotatable bonds is 3. The molecule has 0 spiro atoms. The first kappa shape index (κ1) is 10.9. The smallest absolute Gasteiger partial charge is 0.274 e. The Morgan fingerprint density at radius 2 is 2.27 bits per heavy atom. The van der Waals surface area contributed by atoms with Crippen molar-refractivity contribution in [2.75, 3.05) is 0 Å². The summed E-state index contributed by atoms with van der Waals surface area (Å²) in [5.74, 6) is 0. The average molecular weight is 204 g/mol. The molecule has 0 N–H and O–H groups in total. The predicted octanol–water partition coefficient (Wildman–Crippen LogP) is 1.78. The van der Waals surface area contributed by atoms with Crippen LogP contribution in [-0.2, 0) is 6.42 Å². The largest absolute Gasteiger partial charge is 0.298 e. The number of hydrogen-bond acceptors (Lipinski definition) is 4. The van der Waals surface area contributed by atoms with E-state index in [-0.39, 0.29) is 23.2 Å². The molecule has 0 aromatic heterocycles. The van der Waals surface area contributed by atoms with Gasteiger partial charge in [-0.25, -0.2) is 0 Å². The Bertz CT molecular complexity index is 460. The standard InChI is InChI=1S/C10H8N2O3/c1-7-4-8(6-13)9(2-3-11)10(5-7)12(14)15/h4-6H,2H2,1H3. The van der Waals surface area contributed by atoms with Crippen LogP contribution >= 0.6 is 0 Å². The highest BCUT2D eigenvalue weighted by molar-refractivity contribution is 5.80. The summed E-state index contributed by atoms with van der Waals surface area (Å²) in [6.07, 6.45) is 0.400. The van der Waals surface area contributed by atoms with Crippen LogP contribution in [0.3, 0.4) is 0 Å². The molecule has 0 heterocycles. The lowest BCUT2D eigenvalue weighted by Gasteiger charge is -2.03. The fourth-order valence-corrected chi connectivity index (χ4v) is 1.36. The van der Waals surface area contributed by atoms with Crippen LogP contribution in [0.25, 0.3) is 0 Å². The molecule has 0 amide bonds. The fraction of sp³-hybridized carbons (Fsp3) is 0.200. The number of hydrogen-bond donors (Lipinski definition) is 0. The number of aryl methyl sites for hydroxylation is 1. The van der Waals surface area contributed by atoms with Gasteiger partial charge in [0, 0.05) is 11.6 Å². The first-order valence-electron chi connectivity index (χ1n) is 4.20. The molecule has 0 bridgehead atoms. The van der Waals surface area contributed by atoms with E-state index in [9.17, 15) is 14.9 Å². The number of nitro benzene ring substituents is 1. The van der Waals surface area contributed by atoms with Gasteiger partial charge in [-0.1, -0.05) is 0 Å². The van der Waals surface area contributed by atoms with Crippen LogP contribution in [0.2, 0.25) is 0 Å². The Kier molecular flexibility index (Phi) is 3.13. The van der Waals surface area contributed by atoms with Crippen LogP contribution in [0.15, 0.2) is 12.1 Å². The van der Waals surface area contributed by atoms with E-state index in [0.29, 0.717) is 11.8 Å². The van der Waals surface area contributed by atoms with E-state index in [1.807, 2.05) is 6.07 Å². The van der Waals surface area contributed by atoms with Crippen molar-refractivity contribution in [3.63, 3.8) is 0 Å². The van der Waals surface area contributed by atoms with Crippen molar-refractivity contribution in [3.8, 4) is 6.07 Å². The minimum Gasteiger partial charge on any atom is -0.298 e. The zero-order chi connectivity index (χ0) is 11.4. The molecule has 5 heteroatoms. The van der Waals surface area contributed by atoms with Crippen molar-refractivity contribution in [1.29, 1.82) is 5.26 Å². The highest BCUT2D eigenvalue weighted by Crippen LogP contribution is 2.23. The minimum absolute atomic E-state index is 0.134. The molecule has 76 valence electrons. The molecule has 0 aliphatic heterocycles. The number of benzene rings is 1. The molecule has 0 aliphatic rings. The maximum absolute atomic E-state index is 10.7. The maximum Gasteiger partial charge on any atom is 0.274 e. The molecule has 0 saturated carbocycles. The Hall–Kier alpha value is -2.22. The number of aldehydes is 1. The van der Waals surface area contributed by atoms with Crippen LogP contribution in [0, 0.1) is 28.4 Å². The van der Waals surface area contributed by atoms with E-state index < -0.39 is 4.92 Å². The van der Waals surface area contributed by atoms with Crippen LogP contribution in [0.5, 0.6) is 0 Å². The van der Waals surface area contributed by atoms with Crippen LogP contribution < -0.4 is 0 Å². The van der Waals surface area contributed by atoms with Gasteiger partial charge in [0.25, 0.3) is 5.69 Å². The summed E-state index contributed by atoms with van der Waals surface area (Å²) < 4.78 is 0. The predicted molar refractivity (Wildman–Crippen MR) is 52.5 cm³/mol. The first-order chi connectivity index (χ1) is 7.10. The molecule has 15 heavy (non-hydrogen) atoms. The molecular formula is C10H8N2O3. The molecule has 0 aliphatic carbocycles. The molecule has 5 nitrogen and oxygen atoms in total. The summed E-state index contributed by atoms with van der Waals surface area (Å²) >= 11 is 0. The van der Waals surface area contributed by atoms with Gasteiger partial charge in [-0.3, -0.25) is 14.9 Å². The molecule has 0 atom stereocenters. The summed E-state index contributed by atoms with van der Waals surface area (Å²) in [4.78, 5) is 20.8. The van der Waals surface area contributed by atoms with Crippen LogP contribution in [0.1, 0.15) is 21.5 Å². The van der Waals surface area contributed by atoms with Gasteiger partial charge in [0.1, 0.15) is 0 Å². The van der Waals surface area contributed by atoms with E-state index in [2.05, 4.69) is 0 Å².